The van der Waals surface area contributed by atoms with Crippen LogP contribution in [-0.4, -0.2) is 27.8 Å². The van der Waals surface area contributed by atoms with Crippen molar-refractivity contribution >= 4 is 33.2 Å². The van der Waals surface area contributed by atoms with E-state index in [1.165, 1.54) is 0 Å². The molecule has 2 heterocycles. The Bertz CT molecular complexity index is 553. The minimum Gasteiger partial charge on any atom is -0.336 e. The van der Waals surface area contributed by atoms with Crippen LogP contribution in [0.4, 0.5) is 0 Å². The van der Waals surface area contributed by atoms with E-state index in [1.54, 1.807) is 41.6 Å². The summed E-state index contributed by atoms with van der Waals surface area (Å²) in [5.41, 5.74) is 1.49. The van der Waals surface area contributed by atoms with Crippen molar-refractivity contribution in [3.8, 4) is 0 Å². The number of pyridine rings is 1. The average molecular weight is 326 g/mol. The summed E-state index contributed by atoms with van der Waals surface area (Å²) < 4.78 is 0.719. The summed E-state index contributed by atoms with van der Waals surface area (Å²) in [6.07, 6.45) is 1.56. The summed E-state index contributed by atoms with van der Waals surface area (Å²) >= 11 is 4.83. The number of aryl methyl sites for hydroxylation is 1. The molecule has 0 aliphatic heterocycles. The summed E-state index contributed by atoms with van der Waals surface area (Å²) in [7, 11) is 1.76. The molecule has 0 atom stereocenters. The normalized spacial score (nSPS) is 10.4. The molecule has 6 heteroatoms. The number of rotatable bonds is 3. The van der Waals surface area contributed by atoms with Gasteiger partial charge in [0.2, 0.25) is 0 Å². The Hall–Kier alpha value is -1.27. The van der Waals surface area contributed by atoms with Crippen LogP contribution in [0.1, 0.15) is 21.1 Å². The van der Waals surface area contributed by atoms with Gasteiger partial charge >= 0.3 is 0 Å². The molecule has 4 nitrogen and oxygen atoms in total. The van der Waals surface area contributed by atoms with Gasteiger partial charge in [-0.25, -0.2) is 9.97 Å². The maximum absolute atomic E-state index is 12.1. The number of amides is 1. The standard InChI is InChI=1S/C12H12BrN3OS/c1-8-15-10(7-18-8)6-16(2)12(17)9-3-4-11(13)14-5-9/h3-5,7H,6H2,1-2H3. The summed E-state index contributed by atoms with van der Waals surface area (Å²) in [6.45, 7) is 2.47. The van der Waals surface area contributed by atoms with Crippen molar-refractivity contribution in [1.29, 1.82) is 0 Å². The van der Waals surface area contributed by atoms with Crippen LogP contribution in [0.3, 0.4) is 0 Å². The maximum Gasteiger partial charge on any atom is 0.255 e. The number of hydrogen-bond donors (Lipinski definition) is 0. The summed E-state index contributed by atoms with van der Waals surface area (Å²) in [5, 5.41) is 2.98. The van der Waals surface area contributed by atoms with Gasteiger partial charge in [0, 0.05) is 18.6 Å². The van der Waals surface area contributed by atoms with Gasteiger partial charge in [0.1, 0.15) is 4.60 Å². The smallest absolute Gasteiger partial charge is 0.255 e. The highest BCUT2D eigenvalue weighted by Crippen LogP contribution is 2.12. The van der Waals surface area contributed by atoms with Crippen LogP contribution in [0.15, 0.2) is 28.3 Å². The number of carbonyl (C=O) groups is 1. The quantitative estimate of drug-likeness (QED) is 0.815. The largest absolute Gasteiger partial charge is 0.336 e. The Morgan fingerprint density at radius 1 is 1.50 bits per heavy atom. The lowest BCUT2D eigenvalue weighted by molar-refractivity contribution is 0.0783. The lowest BCUT2D eigenvalue weighted by Gasteiger charge is -2.15. The van der Waals surface area contributed by atoms with Crippen molar-refractivity contribution in [2.45, 2.75) is 13.5 Å². The van der Waals surface area contributed by atoms with Crippen LogP contribution in [-0.2, 0) is 6.54 Å². The second kappa shape index (κ2) is 5.58. The van der Waals surface area contributed by atoms with E-state index in [9.17, 15) is 4.79 Å². The third-order valence-electron chi connectivity index (χ3n) is 2.39. The molecule has 18 heavy (non-hydrogen) atoms. The van der Waals surface area contributed by atoms with E-state index in [4.69, 9.17) is 0 Å². The summed E-state index contributed by atoms with van der Waals surface area (Å²) in [6, 6.07) is 3.51. The topological polar surface area (TPSA) is 46.1 Å². The third kappa shape index (κ3) is 3.14. The Labute approximate surface area is 118 Å². The molecule has 0 radical (unpaired) electrons. The Morgan fingerprint density at radius 3 is 2.83 bits per heavy atom. The molecule has 0 unspecified atom stereocenters. The highest BCUT2D eigenvalue weighted by Gasteiger charge is 2.13. The zero-order valence-electron chi connectivity index (χ0n) is 10.1. The predicted octanol–water partition coefficient (Wildman–Crippen LogP) is 2.88. The van der Waals surface area contributed by atoms with Gasteiger partial charge < -0.3 is 4.90 Å². The van der Waals surface area contributed by atoms with Gasteiger partial charge in [-0.15, -0.1) is 11.3 Å². The van der Waals surface area contributed by atoms with Gasteiger partial charge in [-0.3, -0.25) is 4.79 Å². The number of halogens is 1. The van der Waals surface area contributed by atoms with E-state index in [0.717, 1.165) is 15.3 Å². The molecule has 0 saturated carbocycles. The van der Waals surface area contributed by atoms with E-state index in [2.05, 4.69) is 25.9 Å². The molecule has 2 aromatic rings. The fraction of sp³-hybridized carbons (Fsp3) is 0.250. The van der Waals surface area contributed by atoms with Crippen LogP contribution in [0.2, 0.25) is 0 Å². The van der Waals surface area contributed by atoms with Crippen molar-refractivity contribution < 1.29 is 4.79 Å². The molecule has 0 bridgehead atoms. The second-order valence-electron chi connectivity index (χ2n) is 3.89. The van der Waals surface area contributed by atoms with Crippen LogP contribution >= 0.6 is 27.3 Å². The second-order valence-corrected chi connectivity index (χ2v) is 5.76. The zero-order valence-corrected chi connectivity index (χ0v) is 12.5. The first-order valence-corrected chi connectivity index (χ1v) is 7.01. The molecular formula is C12H12BrN3OS. The number of nitrogens with zero attached hydrogens (tertiary/aromatic N) is 3. The molecular weight excluding hydrogens is 314 g/mol. The van der Waals surface area contributed by atoms with E-state index >= 15 is 0 Å². The van der Waals surface area contributed by atoms with Crippen LogP contribution in [0, 0.1) is 6.92 Å². The van der Waals surface area contributed by atoms with Crippen molar-refractivity contribution in [2.75, 3.05) is 7.05 Å². The fourth-order valence-electron chi connectivity index (χ4n) is 1.52. The molecule has 2 aromatic heterocycles. The van der Waals surface area contributed by atoms with E-state index in [-0.39, 0.29) is 5.91 Å². The number of thiazole rings is 1. The van der Waals surface area contributed by atoms with Gasteiger partial charge in [0.15, 0.2) is 0 Å². The molecule has 2 rings (SSSR count). The lowest BCUT2D eigenvalue weighted by atomic mass is 10.2. The molecule has 0 aliphatic carbocycles. The number of carbonyl (C=O) groups excluding carboxylic acids is 1. The lowest BCUT2D eigenvalue weighted by Crippen LogP contribution is -2.26. The SMILES string of the molecule is Cc1nc(CN(C)C(=O)c2ccc(Br)nc2)cs1. The van der Waals surface area contributed by atoms with Gasteiger partial charge in [-0.05, 0) is 35.0 Å². The minimum atomic E-state index is -0.0550. The van der Waals surface area contributed by atoms with Crippen molar-refractivity contribution in [1.82, 2.24) is 14.9 Å². The monoisotopic (exact) mass is 325 g/mol. The molecule has 0 aromatic carbocycles. The van der Waals surface area contributed by atoms with E-state index < -0.39 is 0 Å². The van der Waals surface area contributed by atoms with Crippen LogP contribution in [0.5, 0.6) is 0 Å². The molecule has 0 aliphatic rings. The highest BCUT2D eigenvalue weighted by molar-refractivity contribution is 9.10. The van der Waals surface area contributed by atoms with E-state index in [1.807, 2.05) is 12.3 Å². The molecule has 0 spiro atoms. The molecule has 94 valence electrons. The Kier molecular flexibility index (Phi) is 4.08. The first-order valence-electron chi connectivity index (χ1n) is 5.34. The van der Waals surface area contributed by atoms with Crippen molar-refractivity contribution in [3.63, 3.8) is 0 Å². The number of aromatic nitrogens is 2. The highest BCUT2D eigenvalue weighted by atomic mass is 79.9. The minimum absolute atomic E-state index is 0.0550. The Balaban J connectivity index is 2.07. The summed E-state index contributed by atoms with van der Waals surface area (Å²) in [4.78, 5) is 22.1. The number of hydrogen-bond acceptors (Lipinski definition) is 4. The van der Waals surface area contributed by atoms with E-state index in [0.29, 0.717) is 12.1 Å². The molecule has 0 N–H and O–H groups in total. The molecule has 0 saturated heterocycles. The van der Waals surface area contributed by atoms with Crippen molar-refractivity contribution in [2.24, 2.45) is 0 Å². The zero-order chi connectivity index (χ0) is 13.1. The predicted molar refractivity (Wildman–Crippen MR) is 74.6 cm³/mol. The summed E-state index contributed by atoms with van der Waals surface area (Å²) in [5.74, 6) is -0.0550. The van der Waals surface area contributed by atoms with Gasteiger partial charge in [-0.2, -0.15) is 0 Å². The van der Waals surface area contributed by atoms with Crippen molar-refractivity contribution in [3.05, 3.63) is 44.6 Å². The van der Waals surface area contributed by atoms with Crippen LogP contribution < -0.4 is 0 Å². The first-order chi connectivity index (χ1) is 8.56. The van der Waals surface area contributed by atoms with Gasteiger partial charge in [-0.1, -0.05) is 0 Å². The average Bonchev–Trinajstić information content (AvgIpc) is 2.75. The first kappa shape index (κ1) is 13.2. The Morgan fingerprint density at radius 2 is 2.28 bits per heavy atom. The van der Waals surface area contributed by atoms with Gasteiger partial charge in [0.05, 0.1) is 22.8 Å². The maximum atomic E-state index is 12.1. The van der Waals surface area contributed by atoms with Crippen LogP contribution in [0.25, 0.3) is 0 Å². The molecule has 0 fully saturated rings. The fourth-order valence-corrected chi connectivity index (χ4v) is 2.36. The van der Waals surface area contributed by atoms with Gasteiger partial charge in [0.25, 0.3) is 5.91 Å². The third-order valence-corrected chi connectivity index (χ3v) is 3.68. The molecule has 1 amide bonds.